The van der Waals surface area contributed by atoms with Gasteiger partial charge in [-0.25, -0.2) is 0 Å². The van der Waals surface area contributed by atoms with E-state index in [1.807, 2.05) is 35.7 Å². The Bertz CT molecular complexity index is 623. The zero-order chi connectivity index (χ0) is 14.2. The van der Waals surface area contributed by atoms with Crippen molar-refractivity contribution in [2.45, 2.75) is 6.42 Å². The van der Waals surface area contributed by atoms with Crippen LogP contribution in [0.15, 0.2) is 41.8 Å². The number of hydrogen-bond donors (Lipinski definition) is 2. The van der Waals surface area contributed by atoms with Crippen molar-refractivity contribution >= 4 is 17.2 Å². The van der Waals surface area contributed by atoms with Gasteiger partial charge in [0.1, 0.15) is 11.5 Å². The molecule has 0 radical (unpaired) electrons. The van der Waals surface area contributed by atoms with E-state index in [4.69, 9.17) is 5.11 Å². The van der Waals surface area contributed by atoms with E-state index in [1.54, 1.807) is 6.07 Å². The molecule has 0 bridgehead atoms. The molecule has 0 saturated heterocycles. The van der Waals surface area contributed by atoms with Gasteiger partial charge in [0.2, 0.25) is 0 Å². The van der Waals surface area contributed by atoms with Crippen LogP contribution in [0.4, 0.5) is 0 Å². The van der Waals surface area contributed by atoms with Crippen molar-refractivity contribution in [2.75, 3.05) is 13.2 Å². The molecule has 102 valence electrons. The number of amides is 1. The average molecular weight is 285 g/mol. The van der Waals surface area contributed by atoms with Crippen molar-refractivity contribution in [1.82, 2.24) is 5.32 Å². The molecule has 0 fully saturated rings. The zero-order valence-electron chi connectivity index (χ0n) is 10.9. The van der Waals surface area contributed by atoms with Crippen LogP contribution in [0.5, 0.6) is 0 Å². The van der Waals surface area contributed by atoms with Crippen molar-refractivity contribution in [3.8, 4) is 11.8 Å². The molecule has 1 aromatic carbocycles. The first-order valence-electron chi connectivity index (χ1n) is 6.30. The van der Waals surface area contributed by atoms with Crippen LogP contribution in [0, 0.1) is 11.8 Å². The molecule has 0 aliphatic rings. The van der Waals surface area contributed by atoms with Crippen LogP contribution in [-0.2, 0) is 6.42 Å². The Morgan fingerprint density at radius 3 is 2.80 bits per heavy atom. The van der Waals surface area contributed by atoms with Crippen LogP contribution in [0.25, 0.3) is 0 Å². The number of aliphatic hydroxyl groups is 1. The molecule has 4 heteroatoms. The van der Waals surface area contributed by atoms with Crippen LogP contribution >= 0.6 is 11.3 Å². The lowest BCUT2D eigenvalue weighted by Crippen LogP contribution is -2.25. The van der Waals surface area contributed by atoms with Crippen LogP contribution in [-0.4, -0.2) is 24.2 Å². The van der Waals surface area contributed by atoms with Gasteiger partial charge < -0.3 is 10.4 Å². The molecule has 1 amide bonds. The maximum absolute atomic E-state index is 12.0. The van der Waals surface area contributed by atoms with Gasteiger partial charge >= 0.3 is 0 Å². The minimum absolute atomic E-state index is 0.113. The fourth-order valence-corrected chi connectivity index (χ4v) is 2.53. The number of carbonyl (C=O) groups excluding carboxylic acids is 1. The second-order valence-electron chi connectivity index (χ2n) is 4.11. The van der Waals surface area contributed by atoms with E-state index in [2.05, 4.69) is 17.2 Å². The van der Waals surface area contributed by atoms with E-state index in [1.165, 1.54) is 16.9 Å². The Morgan fingerprint density at radius 1 is 1.25 bits per heavy atom. The van der Waals surface area contributed by atoms with Crippen LogP contribution in [0.3, 0.4) is 0 Å². The molecule has 3 nitrogen and oxygen atoms in total. The Hall–Kier alpha value is -2.09. The minimum Gasteiger partial charge on any atom is -0.384 e. The summed E-state index contributed by atoms with van der Waals surface area (Å²) in [4.78, 5) is 12.6. The third-order valence-corrected chi connectivity index (χ3v) is 3.63. The van der Waals surface area contributed by atoms with E-state index in [0.29, 0.717) is 17.0 Å². The molecule has 0 atom stereocenters. The van der Waals surface area contributed by atoms with E-state index >= 15 is 0 Å². The summed E-state index contributed by atoms with van der Waals surface area (Å²) in [5.41, 5.74) is 1.86. The summed E-state index contributed by atoms with van der Waals surface area (Å²) in [5, 5.41) is 13.4. The van der Waals surface area contributed by atoms with Crippen LogP contribution in [0.1, 0.15) is 20.8 Å². The molecule has 20 heavy (non-hydrogen) atoms. The van der Waals surface area contributed by atoms with E-state index in [9.17, 15) is 4.79 Å². The van der Waals surface area contributed by atoms with Crippen molar-refractivity contribution in [2.24, 2.45) is 0 Å². The number of aliphatic hydroxyl groups excluding tert-OH is 1. The highest BCUT2D eigenvalue weighted by Crippen LogP contribution is 2.15. The summed E-state index contributed by atoms with van der Waals surface area (Å²) < 4.78 is 0. The first kappa shape index (κ1) is 14.3. The molecule has 0 saturated carbocycles. The lowest BCUT2D eigenvalue weighted by atomic mass is 10.1. The quantitative estimate of drug-likeness (QED) is 0.845. The standard InChI is InChI=1S/C16H15NO2S/c18-11-4-7-14-9-12-20-15(14)16(19)17-10-8-13-5-2-1-3-6-13/h1-3,5-6,9,12,18H,8,10-11H2,(H,17,19). The second kappa shape index (κ2) is 7.49. The molecule has 1 aromatic heterocycles. The Labute approximate surface area is 122 Å². The number of thiophene rings is 1. The number of nitrogens with one attached hydrogen (secondary N) is 1. The first-order chi connectivity index (χ1) is 9.81. The predicted molar refractivity (Wildman–Crippen MR) is 80.8 cm³/mol. The topological polar surface area (TPSA) is 49.3 Å². The third kappa shape index (κ3) is 3.95. The van der Waals surface area contributed by atoms with Gasteiger partial charge in [-0.2, -0.15) is 0 Å². The van der Waals surface area contributed by atoms with Crippen molar-refractivity contribution in [1.29, 1.82) is 0 Å². The van der Waals surface area contributed by atoms with Crippen molar-refractivity contribution in [3.63, 3.8) is 0 Å². The van der Waals surface area contributed by atoms with Gasteiger partial charge in [-0.3, -0.25) is 4.79 Å². The third-order valence-electron chi connectivity index (χ3n) is 2.72. The largest absolute Gasteiger partial charge is 0.384 e. The number of carbonyl (C=O) groups is 1. The monoisotopic (exact) mass is 285 g/mol. The Morgan fingerprint density at radius 2 is 2.05 bits per heavy atom. The summed E-state index contributed by atoms with van der Waals surface area (Å²) in [7, 11) is 0. The Balaban J connectivity index is 1.91. The van der Waals surface area contributed by atoms with E-state index in [0.717, 1.165) is 6.42 Å². The highest BCUT2D eigenvalue weighted by Gasteiger charge is 2.11. The summed E-state index contributed by atoms with van der Waals surface area (Å²) >= 11 is 1.36. The molecular formula is C16H15NO2S. The van der Waals surface area contributed by atoms with Gasteiger partial charge in [0.15, 0.2) is 0 Å². The lowest BCUT2D eigenvalue weighted by Gasteiger charge is -2.04. The van der Waals surface area contributed by atoms with Crippen LogP contribution in [0.2, 0.25) is 0 Å². The molecule has 0 aliphatic heterocycles. The van der Waals surface area contributed by atoms with Gasteiger partial charge in [-0.05, 0) is 23.4 Å². The van der Waals surface area contributed by atoms with Gasteiger partial charge in [-0.1, -0.05) is 42.2 Å². The lowest BCUT2D eigenvalue weighted by molar-refractivity contribution is 0.0958. The zero-order valence-corrected chi connectivity index (χ0v) is 11.7. The van der Waals surface area contributed by atoms with Gasteiger partial charge in [-0.15, -0.1) is 11.3 Å². The fourth-order valence-electron chi connectivity index (χ4n) is 1.76. The molecule has 2 N–H and O–H groups in total. The van der Waals surface area contributed by atoms with Crippen LogP contribution < -0.4 is 5.32 Å². The molecule has 2 rings (SSSR count). The summed E-state index contributed by atoms with van der Waals surface area (Å²) in [6, 6.07) is 11.8. The highest BCUT2D eigenvalue weighted by molar-refractivity contribution is 7.12. The summed E-state index contributed by atoms with van der Waals surface area (Å²) in [5.74, 6) is 5.23. The molecule has 1 heterocycles. The van der Waals surface area contributed by atoms with E-state index in [-0.39, 0.29) is 12.5 Å². The van der Waals surface area contributed by atoms with E-state index < -0.39 is 0 Å². The maximum atomic E-state index is 12.0. The van der Waals surface area contributed by atoms with Crippen molar-refractivity contribution in [3.05, 3.63) is 57.8 Å². The number of rotatable bonds is 4. The SMILES string of the molecule is O=C(NCCc1ccccc1)c1sccc1C#CCO. The van der Waals surface area contributed by atoms with Crippen molar-refractivity contribution < 1.29 is 9.90 Å². The fraction of sp³-hybridized carbons (Fsp3) is 0.188. The van der Waals surface area contributed by atoms with Gasteiger partial charge in [0.25, 0.3) is 5.91 Å². The normalized spacial score (nSPS) is 9.65. The predicted octanol–water partition coefficient (Wildman–Crippen LogP) is 2.06. The van der Waals surface area contributed by atoms with Gasteiger partial charge in [0, 0.05) is 12.1 Å². The molecule has 0 unspecified atom stereocenters. The minimum atomic E-state index is -0.203. The maximum Gasteiger partial charge on any atom is 0.262 e. The summed E-state index contributed by atoms with van der Waals surface area (Å²) in [6.45, 7) is 0.387. The molecule has 0 spiro atoms. The number of benzene rings is 1. The molecule has 0 aliphatic carbocycles. The molecule has 2 aromatic rings. The molecular weight excluding hydrogens is 270 g/mol. The first-order valence-corrected chi connectivity index (χ1v) is 7.18. The summed E-state index contributed by atoms with van der Waals surface area (Å²) in [6.07, 6.45) is 0.801. The average Bonchev–Trinajstić information content (AvgIpc) is 2.94. The Kier molecular flexibility index (Phi) is 5.36. The second-order valence-corrected chi connectivity index (χ2v) is 5.03. The smallest absolute Gasteiger partial charge is 0.262 e. The highest BCUT2D eigenvalue weighted by atomic mass is 32.1. The van der Waals surface area contributed by atoms with Gasteiger partial charge in [0.05, 0.1) is 0 Å². The number of hydrogen-bond acceptors (Lipinski definition) is 3.